The third-order valence-corrected chi connectivity index (χ3v) is 5.90. The second-order valence-electron chi connectivity index (χ2n) is 7.08. The highest BCUT2D eigenvalue weighted by Crippen LogP contribution is 2.22. The van der Waals surface area contributed by atoms with E-state index in [4.69, 9.17) is 0 Å². The van der Waals surface area contributed by atoms with Crippen LogP contribution in [0.4, 0.5) is 0 Å². The number of hydrogen-bond acceptors (Lipinski definition) is 4. The third kappa shape index (κ3) is 4.14. The van der Waals surface area contributed by atoms with Gasteiger partial charge in [-0.3, -0.25) is 14.4 Å². The molecule has 7 heteroatoms. The van der Waals surface area contributed by atoms with Crippen molar-refractivity contribution in [1.82, 2.24) is 15.6 Å². The van der Waals surface area contributed by atoms with E-state index < -0.39 is 0 Å². The average molecular weight is 395 g/mol. The number of thiophene rings is 1. The number of para-hydroxylation sites is 1. The van der Waals surface area contributed by atoms with Crippen LogP contribution in [0.1, 0.15) is 45.8 Å². The number of benzene rings is 1. The molecule has 1 aliphatic carbocycles. The molecule has 0 unspecified atom stereocenters. The van der Waals surface area contributed by atoms with Crippen LogP contribution in [0.3, 0.4) is 0 Å². The molecule has 0 aliphatic heterocycles. The van der Waals surface area contributed by atoms with Gasteiger partial charge in [-0.05, 0) is 36.4 Å². The first-order chi connectivity index (χ1) is 13.6. The second kappa shape index (κ2) is 7.98. The zero-order chi connectivity index (χ0) is 19.5. The number of aromatic amines is 1. The van der Waals surface area contributed by atoms with Gasteiger partial charge in [0.05, 0.1) is 4.88 Å². The van der Waals surface area contributed by atoms with Gasteiger partial charge in [-0.1, -0.05) is 24.3 Å². The number of H-pyrrole nitrogens is 1. The summed E-state index contributed by atoms with van der Waals surface area (Å²) in [5.74, 6) is -0.245. The number of carbonyl (C=O) groups excluding carboxylic acids is 3. The molecule has 0 radical (unpaired) electrons. The van der Waals surface area contributed by atoms with Gasteiger partial charge in [0.15, 0.2) is 5.78 Å². The molecule has 2 heterocycles. The third-order valence-electron chi connectivity index (χ3n) is 4.99. The lowest BCUT2D eigenvalue weighted by Gasteiger charge is -2.36. The van der Waals surface area contributed by atoms with Crippen molar-refractivity contribution in [3.8, 4) is 0 Å². The number of nitrogens with one attached hydrogen (secondary N) is 3. The molecular weight excluding hydrogens is 374 g/mol. The van der Waals surface area contributed by atoms with Gasteiger partial charge < -0.3 is 15.6 Å². The van der Waals surface area contributed by atoms with Crippen molar-refractivity contribution < 1.29 is 14.4 Å². The highest BCUT2D eigenvalue weighted by molar-refractivity contribution is 7.12. The van der Waals surface area contributed by atoms with Crippen molar-refractivity contribution in [3.05, 3.63) is 58.4 Å². The first-order valence-electron chi connectivity index (χ1n) is 9.33. The molecule has 2 aromatic heterocycles. The Labute approximate surface area is 166 Å². The summed E-state index contributed by atoms with van der Waals surface area (Å²) < 4.78 is 0. The van der Waals surface area contributed by atoms with Gasteiger partial charge in [0, 0.05) is 35.8 Å². The molecule has 0 spiro atoms. The Bertz CT molecular complexity index is 970. The number of amides is 2. The molecule has 144 valence electrons. The van der Waals surface area contributed by atoms with Crippen LogP contribution >= 0.6 is 11.3 Å². The van der Waals surface area contributed by atoms with Crippen molar-refractivity contribution in [2.75, 3.05) is 0 Å². The van der Waals surface area contributed by atoms with Crippen molar-refractivity contribution in [2.24, 2.45) is 0 Å². The lowest BCUT2D eigenvalue weighted by molar-refractivity contribution is -0.122. The molecule has 0 bridgehead atoms. The topological polar surface area (TPSA) is 91.1 Å². The van der Waals surface area contributed by atoms with E-state index in [1.54, 1.807) is 6.07 Å². The maximum atomic E-state index is 12.4. The summed E-state index contributed by atoms with van der Waals surface area (Å²) >= 11 is 1.39. The molecule has 1 fully saturated rings. The average Bonchev–Trinajstić information content (AvgIpc) is 3.33. The Morgan fingerprint density at radius 3 is 2.54 bits per heavy atom. The lowest BCUT2D eigenvalue weighted by atomic mass is 9.86. The number of aromatic nitrogens is 1. The van der Waals surface area contributed by atoms with E-state index in [-0.39, 0.29) is 42.5 Å². The normalized spacial score (nSPS) is 18.4. The van der Waals surface area contributed by atoms with Crippen LogP contribution in [0.5, 0.6) is 0 Å². The van der Waals surface area contributed by atoms with Gasteiger partial charge >= 0.3 is 0 Å². The van der Waals surface area contributed by atoms with E-state index in [0.717, 1.165) is 10.9 Å². The molecule has 1 aromatic carbocycles. The van der Waals surface area contributed by atoms with Gasteiger partial charge in [-0.2, -0.15) is 0 Å². The summed E-state index contributed by atoms with van der Waals surface area (Å²) in [6.45, 7) is 0. The van der Waals surface area contributed by atoms with Crippen LogP contribution < -0.4 is 10.6 Å². The van der Waals surface area contributed by atoms with E-state index in [1.807, 2.05) is 41.8 Å². The molecule has 2 amide bonds. The highest BCUT2D eigenvalue weighted by Gasteiger charge is 2.31. The van der Waals surface area contributed by atoms with E-state index in [2.05, 4.69) is 15.6 Å². The van der Waals surface area contributed by atoms with Gasteiger partial charge in [0.25, 0.3) is 5.91 Å². The molecule has 1 aliphatic rings. The fourth-order valence-corrected chi connectivity index (χ4v) is 4.09. The minimum absolute atomic E-state index is 0.00207. The van der Waals surface area contributed by atoms with Gasteiger partial charge in [-0.25, -0.2) is 0 Å². The molecule has 28 heavy (non-hydrogen) atoms. The Balaban J connectivity index is 1.18. The quantitative estimate of drug-likeness (QED) is 0.536. The zero-order valence-corrected chi connectivity index (χ0v) is 16.1. The Morgan fingerprint density at radius 1 is 1.00 bits per heavy atom. The monoisotopic (exact) mass is 395 g/mol. The van der Waals surface area contributed by atoms with E-state index in [0.29, 0.717) is 23.4 Å². The van der Waals surface area contributed by atoms with Crippen molar-refractivity contribution >= 4 is 39.8 Å². The summed E-state index contributed by atoms with van der Waals surface area (Å²) in [5, 5.41) is 8.78. The molecule has 1 saturated carbocycles. The summed E-state index contributed by atoms with van der Waals surface area (Å²) in [5.41, 5.74) is 1.48. The molecule has 3 aromatic rings. The van der Waals surface area contributed by atoms with Crippen LogP contribution in [-0.4, -0.2) is 34.7 Å². The van der Waals surface area contributed by atoms with Crippen LogP contribution in [0.25, 0.3) is 10.9 Å². The lowest BCUT2D eigenvalue weighted by Crippen LogP contribution is -2.53. The minimum Gasteiger partial charge on any atom is -0.353 e. The van der Waals surface area contributed by atoms with Gasteiger partial charge in [0.1, 0.15) is 5.69 Å². The predicted octanol–water partition coefficient (Wildman–Crippen LogP) is 3.27. The summed E-state index contributed by atoms with van der Waals surface area (Å²) in [4.78, 5) is 40.1. The maximum Gasteiger partial charge on any atom is 0.267 e. The van der Waals surface area contributed by atoms with Crippen molar-refractivity contribution in [2.45, 2.75) is 37.8 Å². The van der Waals surface area contributed by atoms with Gasteiger partial charge in [-0.15, -0.1) is 11.3 Å². The largest absolute Gasteiger partial charge is 0.353 e. The smallest absolute Gasteiger partial charge is 0.267 e. The molecule has 4 rings (SSSR count). The van der Waals surface area contributed by atoms with Crippen LogP contribution in [0, 0.1) is 0 Å². The molecule has 0 saturated heterocycles. The number of ketones is 1. The molecule has 3 N–H and O–H groups in total. The maximum absolute atomic E-state index is 12.4. The van der Waals surface area contributed by atoms with E-state index in [1.165, 1.54) is 11.3 Å². The summed E-state index contributed by atoms with van der Waals surface area (Å²) in [6, 6.07) is 13.3. The van der Waals surface area contributed by atoms with Crippen LogP contribution in [0.15, 0.2) is 47.8 Å². The van der Waals surface area contributed by atoms with Crippen LogP contribution in [0.2, 0.25) is 0 Å². The number of hydrogen-bond donors (Lipinski definition) is 3. The number of rotatable bonds is 7. The first-order valence-corrected chi connectivity index (χ1v) is 10.2. The standard InChI is InChI=1S/C21H21N3O3S/c25-18(19-6-3-9-28-19)7-8-20(26)22-14-11-15(12-14)23-21(27)17-10-13-4-1-2-5-16(13)24-17/h1-6,9-10,14-15,24H,7-8,11-12H2,(H,22,26)(H,23,27). The Morgan fingerprint density at radius 2 is 1.79 bits per heavy atom. The van der Waals surface area contributed by atoms with Crippen molar-refractivity contribution in [1.29, 1.82) is 0 Å². The first kappa shape index (κ1) is 18.4. The van der Waals surface area contributed by atoms with Crippen LogP contribution in [-0.2, 0) is 4.79 Å². The SMILES string of the molecule is O=C(CCC(=O)c1cccs1)NC1CC(NC(=O)c2cc3ccccc3[nH]2)C1. The minimum atomic E-state index is -0.132. The second-order valence-corrected chi connectivity index (χ2v) is 8.02. The van der Waals surface area contributed by atoms with E-state index >= 15 is 0 Å². The van der Waals surface area contributed by atoms with Gasteiger partial charge in [0.2, 0.25) is 5.91 Å². The summed E-state index contributed by atoms with van der Waals surface area (Å²) in [7, 11) is 0. The molecule has 0 atom stereocenters. The Hall–Kier alpha value is -2.93. The number of fused-ring (bicyclic) bond motifs is 1. The fraction of sp³-hybridized carbons (Fsp3) is 0.286. The molecule has 6 nitrogen and oxygen atoms in total. The summed E-state index contributed by atoms with van der Waals surface area (Å²) in [6.07, 6.45) is 1.83. The fourth-order valence-electron chi connectivity index (χ4n) is 3.40. The van der Waals surface area contributed by atoms with E-state index in [9.17, 15) is 14.4 Å². The Kier molecular flexibility index (Phi) is 5.25. The highest BCUT2D eigenvalue weighted by atomic mass is 32.1. The number of Topliss-reactive ketones (excluding diaryl/α,β-unsaturated/α-hetero) is 1. The predicted molar refractivity (Wildman–Crippen MR) is 109 cm³/mol. The zero-order valence-electron chi connectivity index (χ0n) is 15.2. The molecular formula is C21H21N3O3S. The number of carbonyl (C=O) groups is 3. The van der Waals surface area contributed by atoms with Crippen molar-refractivity contribution in [3.63, 3.8) is 0 Å².